The number of carbonyl (C=O) groups excluding carboxylic acids is 3. The van der Waals surface area contributed by atoms with Gasteiger partial charge in [-0.15, -0.1) is 11.8 Å². The molecule has 0 bridgehead atoms. The number of hydrogen-bond donors (Lipinski definition) is 2. The molecule has 1 fully saturated rings. The van der Waals surface area contributed by atoms with E-state index in [4.69, 9.17) is 0 Å². The second-order valence-corrected chi connectivity index (χ2v) is 7.95. The first-order chi connectivity index (χ1) is 12.0. The largest absolute Gasteiger partial charge is 0.350 e. The van der Waals surface area contributed by atoms with Crippen molar-refractivity contribution in [3.8, 4) is 0 Å². The van der Waals surface area contributed by atoms with Crippen LogP contribution in [0.5, 0.6) is 0 Å². The fourth-order valence-electron chi connectivity index (χ4n) is 3.10. The van der Waals surface area contributed by atoms with Gasteiger partial charge in [0.15, 0.2) is 0 Å². The summed E-state index contributed by atoms with van der Waals surface area (Å²) in [6, 6.07) is 5.31. The third-order valence-electron chi connectivity index (χ3n) is 4.62. The molecule has 1 aromatic carbocycles. The number of nitrogens with zero attached hydrogens (tertiary/aromatic N) is 1. The number of anilines is 1. The molecule has 0 saturated carbocycles. The van der Waals surface area contributed by atoms with Gasteiger partial charge in [-0.2, -0.15) is 0 Å². The number of carbonyl (C=O) groups is 3. The van der Waals surface area contributed by atoms with Gasteiger partial charge in [-0.05, 0) is 44.9 Å². The summed E-state index contributed by atoms with van der Waals surface area (Å²) < 4.78 is 0. The van der Waals surface area contributed by atoms with Gasteiger partial charge >= 0.3 is 0 Å². The van der Waals surface area contributed by atoms with Gasteiger partial charge in [-0.1, -0.05) is 0 Å². The van der Waals surface area contributed by atoms with Crippen LogP contribution in [-0.4, -0.2) is 47.0 Å². The number of benzene rings is 1. The van der Waals surface area contributed by atoms with E-state index < -0.39 is 0 Å². The summed E-state index contributed by atoms with van der Waals surface area (Å²) in [7, 11) is 0. The van der Waals surface area contributed by atoms with Crippen molar-refractivity contribution in [3.05, 3.63) is 23.8 Å². The molecule has 7 heteroatoms. The van der Waals surface area contributed by atoms with Gasteiger partial charge in [0, 0.05) is 36.0 Å². The molecule has 2 aliphatic heterocycles. The summed E-state index contributed by atoms with van der Waals surface area (Å²) in [5, 5.41) is 5.60. The quantitative estimate of drug-likeness (QED) is 0.862. The monoisotopic (exact) mass is 361 g/mol. The first-order valence-corrected chi connectivity index (χ1v) is 9.53. The van der Waals surface area contributed by atoms with Crippen molar-refractivity contribution in [2.45, 2.75) is 49.3 Å². The number of nitrogens with one attached hydrogen (secondary N) is 2. The van der Waals surface area contributed by atoms with E-state index in [1.165, 1.54) is 11.8 Å². The van der Waals surface area contributed by atoms with Crippen LogP contribution >= 0.6 is 11.8 Å². The minimum atomic E-state index is -0.197. The van der Waals surface area contributed by atoms with Crippen molar-refractivity contribution in [2.75, 3.05) is 18.4 Å². The van der Waals surface area contributed by atoms with Crippen molar-refractivity contribution >= 4 is 35.2 Å². The molecule has 2 unspecified atom stereocenters. The van der Waals surface area contributed by atoms with Crippen molar-refractivity contribution in [3.63, 3.8) is 0 Å². The Morgan fingerprint density at radius 3 is 2.96 bits per heavy atom. The molecular weight excluding hydrogens is 338 g/mol. The summed E-state index contributed by atoms with van der Waals surface area (Å²) in [4.78, 5) is 38.9. The molecule has 2 aliphatic rings. The fraction of sp³-hybridized carbons (Fsp3) is 0.500. The normalized spacial score (nSPS) is 21.4. The highest BCUT2D eigenvalue weighted by Crippen LogP contribution is 2.35. The smallest absolute Gasteiger partial charge is 0.251 e. The average Bonchev–Trinajstić information content (AvgIpc) is 2.60. The molecule has 25 heavy (non-hydrogen) atoms. The molecule has 3 rings (SSSR count). The van der Waals surface area contributed by atoms with E-state index in [9.17, 15) is 14.4 Å². The lowest BCUT2D eigenvalue weighted by molar-refractivity contribution is -0.135. The lowest BCUT2D eigenvalue weighted by Gasteiger charge is -2.32. The number of likely N-dealkylation sites (tertiary alicyclic amines) is 1. The summed E-state index contributed by atoms with van der Waals surface area (Å²) >= 11 is 1.49. The molecule has 1 aromatic rings. The number of thioether (sulfide) groups is 1. The molecule has 3 amide bonds. The Morgan fingerprint density at radius 2 is 2.20 bits per heavy atom. The molecule has 6 nitrogen and oxygen atoms in total. The maximum absolute atomic E-state index is 12.4. The van der Waals surface area contributed by atoms with Crippen LogP contribution in [0.3, 0.4) is 0 Å². The maximum atomic E-state index is 12.4. The second-order valence-electron chi connectivity index (χ2n) is 6.56. The van der Waals surface area contributed by atoms with E-state index >= 15 is 0 Å². The minimum Gasteiger partial charge on any atom is -0.350 e. The van der Waals surface area contributed by atoms with Crippen molar-refractivity contribution in [1.29, 1.82) is 0 Å². The van der Waals surface area contributed by atoms with Gasteiger partial charge < -0.3 is 15.5 Å². The molecule has 0 radical (unpaired) electrons. The van der Waals surface area contributed by atoms with E-state index in [1.54, 1.807) is 12.1 Å². The molecule has 1 saturated heterocycles. The number of amides is 3. The first-order valence-electron chi connectivity index (χ1n) is 8.65. The molecule has 2 heterocycles. The predicted molar refractivity (Wildman–Crippen MR) is 97.7 cm³/mol. The molecule has 2 atom stereocenters. The summed E-state index contributed by atoms with van der Waals surface area (Å²) in [6.07, 6.45) is 2.56. The van der Waals surface area contributed by atoms with Crippen LogP contribution in [0.2, 0.25) is 0 Å². The zero-order chi connectivity index (χ0) is 18.0. The van der Waals surface area contributed by atoms with E-state index in [0.29, 0.717) is 24.2 Å². The van der Waals surface area contributed by atoms with Gasteiger partial charge in [-0.3, -0.25) is 14.4 Å². The summed E-state index contributed by atoms with van der Waals surface area (Å²) in [6.45, 7) is 4.98. The van der Waals surface area contributed by atoms with Crippen LogP contribution < -0.4 is 10.6 Å². The minimum absolute atomic E-state index is 0.0227. The molecule has 134 valence electrons. The SMILES string of the molecule is CC1Sc2ccc(C(=O)NCC(C)N3CCCCC3=O)cc2NC1=O. The number of fused-ring (bicyclic) bond motifs is 1. The third-order valence-corrected chi connectivity index (χ3v) is 5.80. The first kappa shape index (κ1) is 17.8. The van der Waals surface area contributed by atoms with E-state index in [1.807, 2.05) is 24.8 Å². The van der Waals surface area contributed by atoms with Gasteiger partial charge in [0.1, 0.15) is 0 Å². The topological polar surface area (TPSA) is 78.5 Å². The highest BCUT2D eigenvalue weighted by atomic mass is 32.2. The Bertz CT molecular complexity index is 707. The molecular formula is C18H23N3O3S. The van der Waals surface area contributed by atoms with E-state index in [0.717, 1.165) is 24.3 Å². The molecule has 2 N–H and O–H groups in total. The van der Waals surface area contributed by atoms with Gasteiger partial charge in [0.25, 0.3) is 5.91 Å². The van der Waals surface area contributed by atoms with Crippen molar-refractivity contribution in [1.82, 2.24) is 10.2 Å². The molecule has 0 aliphatic carbocycles. The number of hydrogen-bond acceptors (Lipinski definition) is 4. The van der Waals surface area contributed by atoms with Gasteiger partial charge in [-0.25, -0.2) is 0 Å². The van der Waals surface area contributed by atoms with E-state index in [-0.39, 0.29) is 29.0 Å². The van der Waals surface area contributed by atoms with Crippen LogP contribution in [-0.2, 0) is 9.59 Å². The van der Waals surface area contributed by atoms with Crippen LogP contribution in [0.25, 0.3) is 0 Å². The zero-order valence-electron chi connectivity index (χ0n) is 14.5. The highest BCUT2D eigenvalue weighted by Gasteiger charge is 2.25. The average molecular weight is 361 g/mol. The Labute approximate surface area is 151 Å². The zero-order valence-corrected chi connectivity index (χ0v) is 15.3. The van der Waals surface area contributed by atoms with Crippen LogP contribution in [0, 0.1) is 0 Å². The van der Waals surface area contributed by atoms with Crippen LogP contribution in [0.15, 0.2) is 23.1 Å². The molecule has 0 aromatic heterocycles. The lowest BCUT2D eigenvalue weighted by Crippen LogP contribution is -2.47. The number of rotatable bonds is 4. The Kier molecular flexibility index (Phi) is 5.32. The summed E-state index contributed by atoms with van der Waals surface area (Å²) in [5.41, 5.74) is 1.19. The van der Waals surface area contributed by atoms with E-state index in [2.05, 4.69) is 10.6 Å². The van der Waals surface area contributed by atoms with Gasteiger partial charge in [0.2, 0.25) is 11.8 Å². The Balaban J connectivity index is 1.61. The number of piperidine rings is 1. The highest BCUT2D eigenvalue weighted by molar-refractivity contribution is 8.00. The van der Waals surface area contributed by atoms with Crippen molar-refractivity contribution < 1.29 is 14.4 Å². The fourth-order valence-corrected chi connectivity index (χ4v) is 4.03. The maximum Gasteiger partial charge on any atom is 0.251 e. The molecule has 0 spiro atoms. The summed E-state index contributed by atoms with van der Waals surface area (Å²) in [5.74, 6) is -0.0834. The van der Waals surface area contributed by atoms with Crippen LogP contribution in [0.4, 0.5) is 5.69 Å². The van der Waals surface area contributed by atoms with Crippen molar-refractivity contribution in [2.24, 2.45) is 0 Å². The predicted octanol–water partition coefficient (Wildman–Crippen LogP) is 2.25. The van der Waals surface area contributed by atoms with Gasteiger partial charge in [0.05, 0.1) is 10.9 Å². The second kappa shape index (κ2) is 7.47. The Hall–Kier alpha value is -2.02. The van der Waals surface area contributed by atoms with Crippen LogP contribution in [0.1, 0.15) is 43.5 Å². The lowest BCUT2D eigenvalue weighted by atomic mass is 10.1. The Morgan fingerprint density at radius 1 is 1.40 bits per heavy atom. The standard InChI is InChI=1S/C18H23N3O3S/c1-11(21-8-4-3-5-16(21)22)10-19-18(24)13-6-7-15-14(9-13)20-17(23)12(2)25-15/h6-7,9,11-12H,3-5,8,10H2,1-2H3,(H,19,24)(H,20,23). The third kappa shape index (κ3) is 3.98.